The first kappa shape index (κ1) is 19.6. The van der Waals surface area contributed by atoms with E-state index >= 15 is 0 Å². The van der Waals surface area contributed by atoms with Crippen LogP contribution in [0.5, 0.6) is 0 Å². The van der Waals surface area contributed by atoms with Gasteiger partial charge < -0.3 is 10.4 Å². The Balaban J connectivity index is 1.61. The number of carbonyl (C=O) groups is 1. The largest absolute Gasteiger partial charge is 0.393 e. The number of hydrogen-bond donors (Lipinski definition) is 2. The maximum atomic E-state index is 12.6. The summed E-state index contributed by atoms with van der Waals surface area (Å²) in [5, 5.41) is 17.1. The lowest BCUT2D eigenvalue weighted by molar-refractivity contribution is 0.0790. The predicted molar refractivity (Wildman–Crippen MR) is 105 cm³/mol. The molecule has 1 aliphatic rings. The van der Waals surface area contributed by atoms with E-state index < -0.39 is 0 Å². The molecule has 6 nitrogen and oxygen atoms in total. The van der Waals surface area contributed by atoms with Crippen molar-refractivity contribution in [2.45, 2.75) is 58.8 Å². The van der Waals surface area contributed by atoms with Crippen LogP contribution in [0.2, 0.25) is 0 Å². The third kappa shape index (κ3) is 5.17. The Hall–Kier alpha value is -2.18. The zero-order valence-electron chi connectivity index (χ0n) is 16.3. The van der Waals surface area contributed by atoms with Gasteiger partial charge in [0.1, 0.15) is 0 Å². The number of rotatable bonds is 7. The van der Waals surface area contributed by atoms with Gasteiger partial charge in [0.25, 0.3) is 5.91 Å². The topological polar surface area (TPSA) is 70.4 Å². The molecule has 0 spiro atoms. The second-order valence-corrected chi connectivity index (χ2v) is 7.35. The minimum Gasteiger partial charge on any atom is -0.393 e. The van der Waals surface area contributed by atoms with Crippen molar-refractivity contribution < 1.29 is 9.90 Å². The molecular formula is C21H30N4O2. The Morgan fingerprint density at radius 2 is 1.96 bits per heavy atom. The van der Waals surface area contributed by atoms with Crippen molar-refractivity contribution in [3.05, 3.63) is 52.8 Å². The summed E-state index contributed by atoms with van der Waals surface area (Å²) in [4.78, 5) is 15.0. The second kappa shape index (κ2) is 9.15. The highest BCUT2D eigenvalue weighted by Gasteiger charge is 2.18. The fraction of sp³-hybridized carbons (Fsp3) is 0.524. The first-order chi connectivity index (χ1) is 13.1. The number of amides is 1. The van der Waals surface area contributed by atoms with Gasteiger partial charge in [0.15, 0.2) is 0 Å². The van der Waals surface area contributed by atoms with Crippen molar-refractivity contribution in [3.8, 4) is 0 Å². The van der Waals surface area contributed by atoms with Gasteiger partial charge in [0.05, 0.1) is 17.4 Å². The van der Waals surface area contributed by atoms with Crippen LogP contribution >= 0.6 is 0 Å². The lowest BCUT2D eigenvalue weighted by atomic mass is 10.0. The van der Waals surface area contributed by atoms with E-state index in [9.17, 15) is 9.90 Å². The molecule has 0 aliphatic carbocycles. The zero-order valence-corrected chi connectivity index (χ0v) is 16.3. The summed E-state index contributed by atoms with van der Waals surface area (Å²) < 4.78 is 1.84. The molecule has 0 saturated carbocycles. The number of nitrogens with one attached hydrogen (secondary N) is 1. The number of benzene rings is 1. The number of aliphatic hydroxyl groups excluding tert-OH is 1. The Morgan fingerprint density at radius 3 is 2.67 bits per heavy atom. The van der Waals surface area contributed by atoms with Gasteiger partial charge in [0.2, 0.25) is 0 Å². The second-order valence-electron chi connectivity index (χ2n) is 7.35. The molecule has 2 heterocycles. The molecule has 1 aliphatic heterocycles. The number of likely N-dealkylation sites (tertiary alicyclic amines) is 1. The monoisotopic (exact) mass is 370 g/mol. The Kier molecular flexibility index (Phi) is 6.63. The van der Waals surface area contributed by atoms with Crippen LogP contribution in [0.15, 0.2) is 30.5 Å². The van der Waals surface area contributed by atoms with Crippen LogP contribution in [-0.2, 0) is 19.6 Å². The first-order valence-corrected chi connectivity index (χ1v) is 9.86. The quantitative estimate of drug-likeness (QED) is 0.786. The first-order valence-electron chi connectivity index (χ1n) is 9.86. The fourth-order valence-electron chi connectivity index (χ4n) is 3.56. The Morgan fingerprint density at radius 1 is 1.26 bits per heavy atom. The Bertz CT molecular complexity index is 763. The lowest BCUT2D eigenvalue weighted by Gasteiger charge is -2.30. The molecular weight excluding hydrogens is 340 g/mol. The van der Waals surface area contributed by atoms with Crippen LogP contribution in [0.25, 0.3) is 0 Å². The van der Waals surface area contributed by atoms with E-state index in [1.165, 1.54) is 5.56 Å². The number of aromatic nitrogens is 2. The highest BCUT2D eigenvalue weighted by atomic mass is 16.3. The van der Waals surface area contributed by atoms with Crippen molar-refractivity contribution in [3.63, 3.8) is 0 Å². The van der Waals surface area contributed by atoms with E-state index in [-0.39, 0.29) is 12.0 Å². The molecule has 1 aromatic heterocycles. The van der Waals surface area contributed by atoms with Gasteiger partial charge in [-0.05, 0) is 37.3 Å². The lowest BCUT2D eigenvalue weighted by Crippen LogP contribution is -2.35. The number of carbonyl (C=O) groups excluding carboxylic acids is 1. The van der Waals surface area contributed by atoms with Crippen molar-refractivity contribution in [2.24, 2.45) is 0 Å². The van der Waals surface area contributed by atoms with Crippen LogP contribution in [0.3, 0.4) is 0 Å². The van der Waals surface area contributed by atoms with Crippen molar-refractivity contribution in [1.82, 2.24) is 20.0 Å². The number of aryl methyl sites for hydroxylation is 2. The maximum absolute atomic E-state index is 12.6. The number of piperidine rings is 1. The fourth-order valence-corrected chi connectivity index (χ4v) is 3.56. The molecule has 1 aromatic carbocycles. The van der Waals surface area contributed by atoms with Gasteiger partial charge in [-0.1, -0.05) is 31.2 Å². The molecule has 0 radical (unpaired) electrons. The third-order valence-electron chi connectivity index (χ3n) is 5.15. The predicted octanol–water partition coefficient (Wildman–Crippen LogP) is 2.49. The minimum absolute atomic E-state index is 0.0780. The van der Waals surface area contributed by atoms with Crippen molar-refractivity contribution in [1.29, 1.82) is 0 Å². The SMILES string of the molecule is CCCn1cc(C(=O)NCc2ccccc2CN2CCC(O)CC2)c(C)n1. The molecule has 0 unspecified atom stereocenters. The normalized spacial score (nSPS) is 15.8. The smallest absolute Gasteiger partial charge is 0.255 e. The molecule has 1 saturated heterocycles. The summed E-state index contributed by atoms with van der Waals surface area (Å²) in [7, 11) is 0. The van der Waals surface area contributed by atoms with Crippen LogP contribution in [0, 0.1) is 6.92 Å². The average Bonchev–Trinajstić information content (AvgIpc) is 3.03. The van der Waals surface area contributed by atoms with Gasteiger partial charge in [0, 0.05) is 38.9 Å². The summed E-state index contributed by atoms with van der Waals surface area (Å²) in [6.07, 6.45) is 4.33. The number of aliphatic hydroxyl groups is 1. The van der Waals surface area contributed by atoms with Gasteiger partial charge in [-0.15, -0.1) is 0 Å². The van der Waals surface area contributed by atoms with Crippen LogP contribution in [0.1, 0.15) is 53.4 Å². The summed E-state index contributed by atoms with van der Waals surface area (Å²) in [6.45, 7) is 7.98. The molecule has 6 heteroatoms. The van der Waals surface area contributed by atoms with Gasteiger partial charge >= 0.3 is 0 Å². The summed E-state index contributed by atoms with van der Waals surface area (Å²) in [5.74, 6) is -0.0780. The van der Waals surface area contributed by atoms with E-state index in [0.717, 1.165) is 56.7 Å². The third-order valence-corrected chi connectivity index (χ3v) is 5.15. The Labute approximate surface area is 161 Å². The highest BCUT2D eigenvalue weighted by Crippen LogP contribution is 2.17. The van der Waals surface area contributed by atoms with E-state index in [1.54, 1.807) is 0 Å². The molecule has 1 amide bonds. The molecule has 0 bridgehead atoms. The minimum atomic E-state index is -0.160. The molecule has 146 valence electrons. The van der Waals surface area contributed by atoms with Crippen LogP contribution in [-0.4, -0.2) is 44.9 Å². The van der Waals surface area contributed by atoms with Gasteiger partial charge in [-0.2, -0.15) is 5.10 Å². The summed E-state index contributed by atoms with van der Waals surface area (Å²) >= 11 is 0. The van der Waals surface area contributed by atoms with Crippen LogP contribution in [0.4, 0.5) is 0 Å². The zero-order chi connectivity index (χ0) is 19.2. The maximum Gasteiger partial charge on any atom is 0.255 e. The average molecular weight is 370 g/mol. The molecule has 2 N–H and O–H groups in total. The molecule has 3 rings (SSSR count). The standard InChI is InChI=1S/C21H30N4O2/c1-3-10-25-15-20(16(2)23-25)21(27)22-13-17-6-4-5-7-18(17)14-24-11-8-19(26)9-12-24/h4-7,15,19,26H,3,8-14H2,1-2H3,(H,22,27). The number of hydrogen-bond acceptors (Lipinski definition) is 4. The number of nitrogens with zero attached hydrogens (tertiary/aromatic N) is 3. The van der Waals surface area contributed by atoms with Gasteiger partial charge in [-0.3, -0.25) is 14.4 Å². The summed E-state index contributed by atoms with van der Waals surface area (Å²) in [6, 6.07) is 8.24. The molecule has 1 fully saturated rings. The molecule has 27 heavy (non-hydrogen) atoms. The van der Waals surface area contributed by atoms with E-state index in [1.807, 2.05) is 29.9 Å². The van der Waals surface area contributed by atoms with Crippen molar-refractivity contribution >= 4 is 5.91 Å². The van der Waals surface area contributed by atoms with Crippen molar-refractivity contribution in [2.75, 3.05) is 13.1 Å². The van der Waals surface area contributed by atoms with E-state index in [0.29, 0.717) is 12.1 Å². The van der Waals surface area contributed by atoms with Gasteiger partial charge in [-0.25, -0.2) is 0 Å². The van der Waals surface area contributed by atoms with E-state index in [4.69, 9.17) is 0 Å². The van der Waals surface area contributed by atoms with Crippen LogP contribution < -0.4 is 5.32 Å². The molecule has 2 aromatic rings. The van der Waals surface area contributed by atoms with E-state index in [2.05, 4.69) is 34.4 Å². The molecule has 0 atom stereocenters. The summed E-state index contributed by atoms with van der Waals surface area (Å²) in [5.41, 5.74) is 3.77. The highest BCUT2D eigenvalue weighted by molar-refractivity contribution is 5.94.